The Morgan fingerprint density at radius 3 is 1.68 bits per heavy atom. The van der Waals surface area contributed by atoms with Gasteiger partial charge in [0.15, 0.2) is 0 Å². The van der Waals surface area contributed by atoms with E-state index in [9.17, 15) is 0 Å². The second kappa shape index (κ2) is 13.7. The average molecular weight is 770 g/mol. The zero-order valence-electron chi connectivity index (χ0n) is 34.3. The SMILES string of the molecule is CCC1CCC2(C)C(C1)c1cc(-c3cc(-c4ccccc4)c4ccc5c(-c6cccc7ccccc67)cc(-c6ccccc6)c6ccc3c4c65)ccc1N2c1ccccc1. The molecule has 1 fully saturated rings. The summed E-state index contributed by atoms with van der Waals surface area (Å²) in [5, 5.41) is 10.4. The molecular weight excluding hydrogens is 723 g/mol. The molecule has 60 heavy (non-hydrogen) atoms. The monoisotopic (exact) mass is 769 g/mol. The summed E-state index contributed by atoms with van der Waals surface area (Å²) < 4.78 is 0. The van der Waals surface area contributed by atoms with E-state index in [4.69, 9.17) is 0 Å². The Kier molecular flexibility index (Phi) is 8.04. The van der Waals surface area contributed by atoms with E-state index in [1.165, 1.54) is 130 Å². The maximum absolute atomic E-state index is 2.70. The number of anilines is 2. The topological polar surface area (TPSA) is 3.24 Å². The Morgan fingerprint density at radius 1 is 0.483 bits per heavy atom. The first kappa shape index (κ1) is 35.3. The number of rotatable bonds is 6. The highest BCUT2D eigenvalue weighted by Crippen LogP contribution is 2.59. The van der Waals surface area contributed by atoms with Gasteiger partial charge in [-0.25, -0.2) is 0 Å². The van der Waals surface area contributed by atoms with Crippen LogP contribution in [0.15, 0.2) is 188 Å². The van der Waals surface area contributed by atoms with Gasteiger partial charge in [0.2, 0.25) is 0 Å². The van der Waals surface area contributed by atoms with E-state index in [1.54, 1.807) is 0 Å². The largest absolute Gasteiger partial charge is 0.335 e. The summed E-state index contributed by atoms with van der Waals surface area (Å²) in [4.78, 5) is 2.70. The number of nitrogens with zero attached hydrogens (tertiary/aromatic N) is 1. The van der Waals surface area contributed by atoms with Gasteiger partial charge in [-0.05, 0) is 162 Å². The molecule has 10 aromatic carbocycles. The van der Waals surface area contributed by atoms with Crippen LogP contribution in [0.4, 0.5) is 11.4 Å². The molecule has 0 saturated heterocycles. The van der Waals surface area contributed by atoms with Gasteiger partial charge in [-0.3, -0.25) is 0 Å². The molecule has 1 heterocycles. The molecule has 0 aromatic heterocycles. The Bertz CT molecular complexity index is 3230. The van der Waals surface area contributed by atoms with Crippen LogP contribution < -0.4 is 4.90 Å². The minimum atomic E-state index is 0.0394. The predicted molar refractivity (Wildman–Crippen MR) is 257 cm³/mol. The van der Waals surface area contributed by atoms with Gasteiger partial charge in [0.1, 0.15) is 0 Å². The van der Waals surface area contributed by atoms with E-state index in [2.05, 4.69) is 207 Å². The molecule has 3 atom stereocenters. The number of benzene rings is 10. The van der Waals surface area contributed by atoms with Gasteiger partial charge < -0.3 is 4.90 Å². The molecule has 1 aliphatic heterocycles. The van der Waals surface area contributed by atoms with Crippen molar-refractivity contribution in [3.8, 4) is 44.5 Å². The summed E-state index contributed by atoms with van der Waals surface area (Å²) in [5.41, 5.74) is 14.4. The van der Waals surface area contributed by atoms with Gasteiger partial charge in [0.25, 0.3) is 0 Å². The fourth-order valence-corrected chi connectivity index (χ4v) is 11.6. The maximum atomic E-state index is 2.70. The zero-order valence-corrected chi connectivity index (χ0v) is 34.3. The highest BCUT2D eigenvalue weighted by Gasteiger charge is 2.51. The van der Waals surface area contributed by atoms with Crippen molar-refractivity contribution in [3.05, 3.63) is 194 Å². The molecule has 288 valence electrons. The standard InChI is InChI=1S/C59H47N/c1-3-38-32-33-59(2)55(34-38)54-35-42(26-31-56(54)60(59)43-22-11-6-12-23-43)52-36-50(40-16-7-4-8-17-40)46-29-30-49-53(45-25-15-21-39-20-13-14-24-44(39)45)37-51(41-18-9-5-10-19-41)47-27-28-48(52)57(46)58(47)49/h4-31,35-38,55H,3,32-34H2,1-2H3. The van der Waals surface area contributed by atoms with Crippen LogP contribution in [0.5, 0.6) is 0 Å². The molecule has 1 nitrogen and oxygen atoms in total. The normalized spacial score (nSPS) is 18.7. The van der Waals surface area contributed by atoms with E-state index >= 15 is 0 Å². The van der Waals surface area contributed by atoms with Crippen LogP contribution >= 0.6 is 0 Å². The lowest BCUT2D eigenvalue weighted by atomic mass is 9.68. The third kappa shape index (κ3) is 5.25. The van der Waals surface area contributed by atoms with E-state index < -0.39 is 0 Å². The second-order valence-corrected chi connectivity index (χ2v) is 17.7. The minimum Gasteiger partial charge on any atom is -0.335 e. The molecule has 2 aliphatic rings. The molecule has 10 aromatic rings. The predicted octanol–water partition coefficient (Wildman–Crippen LogP) is 16.6. The van der Waals surface area contributed by atoms with Crippen LogP contribution in [0.2, 0.25) is 0 Å². The van der Waals surface area contributed by atoms with Crippen LogP contribution in [0.25, 0.3) is 87.6 Å². The lowest BCUT2D eigenvalue weighted by molar-refractivity contribution is 0.221. The zero-order chi connectivity index (χ0) is 40.0. The average Bonchev–Trinajstić information content (AvgIpc) is 3.57. The maximum Gasteiger partial charge on any atom is 0.0492 e. The third-order valence-corrected chi connectivity index (χ3v) is 14.6. The molecule has 3 unspecified atom stereocenters. The Morgan fingerprint density at radius 2 is 1.03 bits per heavy atom. The molecule has 0 amide bonds. The minimum absolute atomic E-state index is 0.0394. The summed E-state index contributed by atoms with van der Waals surface area (Å²) in [7, 11) is 0. The van der Waals surface area contributed by atoms with Crippen molar-refractivity contribution < 1.29 is 0 Å². The van der Waals surface area contributed by atoms with Gasteiger partial charge in [0, 0.05) is 22.8 Å². The fraction of sp³-hybridized carbons (Fsp3) is 0.153. The van der Waals surface area contributed by atoms with Crippen molar-refractivity contribution in [1.82, 2.24) is 0 Å². The van der Waals surface area contributed by atoms with Crippen molar-refractivity contribution in [2.24, 2.45) is 5.92 Å². The van der Waals surface area contributed by atoms with E-state index in [-0.39, 0.29) is 5.54 Å². The molecular formula is C59H47N. The smallest absolute Gasteiger partial charge is 0.0492 e. The molecule has 1 aliphatic carbocycles. The lowest BCUT2D eigenvalue weighted by Crippen LogP contribution is -2.46. The Labute approximate surface area is 352 Å². The summed E-state index contributed by atoms with van der Waals surface area (Å²) in [5.74, 6) is 1.22. The van der Waals surface area contributed by atoms with Crippen LogP contribution in [0.3, 0.4) is 0 Å². The second-order valence-electron chi connectivity index (χ2n) is 17.7. The fourth-order valence-electron chi connectivity index (χ4n) is 11.6. The first-order chi connectivity index (χ1) is 29.6. The molecule has 0 radical (unpaired) electrons. The molecule has 1 saturated carbocycles. The summed E-state index contributed by atoms with van der Waals surface area (Å²) in [6.07, 6.45) is 4.97. The molecule has 12 rings (SSSR count). The quantitative estimate of drug-likeness (QED) is 0.152. The number of para-hydroxylation sites is 1. The van der Waals surface area contributed by atoms with Gasteiger partial charge in [-0.15, -0.1) is 0 Å². The third-order valence-electron chi connectivity index (χ3n) is 14.6. The summed E-state index contributed by atoms with van der Waals surface area (Å²) >= 11 is 0. The highest BCUT2D eigenvalue weighted by molar-refractivity contribution is 6.32. The number of hydrogen-bond acceptors (Lipinski definition) is 1. The lowest BCUT2D eigenvalue weighted by Gasteiger charge is -2.46. The van der Waals surface area contributed by atoms with Crippen molar-refractivity contribution in [3.63, 3.8) is 0 Å². The van der Waals surface area contributed by atoms with E-state index in [1.807, 2.05) is 0 Å². The van der Waals surface area contributed by atoms with Crippen LogP contribution in [-0.4, -0.2) is 5.54 Å². The van der Waals surface area contributed by atoms with Crippen LogP contribution in [0, 0.1) is 5.92 Å². The molecule has 0 spiro atoms. The molecule has 0 bridgehead atoms. The van der Waals surface area contributed by atoms with Crippen LogP contribution in [0.1, 0.15) is 51.0 Å². The van der Waals surface area contributed by atoms with Gasteiger partial charge in [-0.1, -0.05) is 165 Å². The summed E-state index contributed by atoms with van der Waals surface area (Å²) in [6.45, 7) is 4.93. The number of hydrogen-bond donors (Lipinski definition) is 0. The molecule has 0 N–H and O–H groups in total. The first-order valence-corrected chi connectivity index (χ1v) is 22.0. The van der Waals surface area contributed by atoms with E-state index in [0.29, 0.717) is 5.92 Å². The summed E-state index contributed by atoms with van der Waals surface area (Å²) in [6, 6.07) is 70.9. The van der Waals surface area contributed by atoms with Gasteiger partial charge in [-0.2, -0.15) is 0 Å². The Hall–Kier alpha value is -6.70. The van der Waals surface area contributed by atoms with Crippen molar-refractivity contribution >= 4 is 54.5 Å². The highest BCUT2D eigenvalue weighted by atomic mass is 15.2. The van der Waals surface area contributed by atoms with E-state index in [0.717, 1.165) is 5.92 Å². The Balaban J connectivity index is 1.17. The van der Waals surface area contributed by atoms with Crippen LogP contribution in [-0.2, 0) is 0 Å². The first-order valence-electron chi connectivity index (χ1n) is 22.0. The van der Waals surface area contributed by atoms with Crippen molar-refractivity contribution in [2.45, 2.75) is 51.0 Å². The van der Waals surface area contributed by atoms with Gasteiger partial charge in [0.05, 0.1) is 0 Å². The van der Waals surface area contributed by atoms with Crippen molar-refractivity contribution in [2.75, 3.05) is 4.90 Å². The van der Waals surface area contributed by atoms with Crippen molar-refractivity contribution in [1.29, 1.82) is 0 Å². The number of fused-ring (bicyclic) bond motifs is 4. The van der Waals surface area contributed by atoms with Gasteiger partial charge >= 0.3 is 0 Å². The molecule has 1 heteroatoms.